The Morgan fingerprint density at radius 3 is 2.61 bits per heavy atom. The molecule has 3 aromatic heterocycles. The molecule has 0 aliphatic carbocycles. The SMILES string of the molecule is Cc1cc([C@@H](C)Nc2ccc(Cl)nc2C(=O)NS(C)(=O)=O)c2nc(N3CCC[C@@H](c4ccn(C(F)F)n4)C3)n(C)c(=O)c2c1. The fraction of sp³-hybridized carbons (Fsp3) is 0.393. The summed E-state index contributed by atoms with van der Waals surface area (Å²) in [5, 5.41) is 7.65. The number of hydrogen-bond donors (Lipinski definition) is 2. The predicted octanol–water partition coefficient (Wildman–Crippen LogP) is 4.13. The maximum absolute atomic E-state index is 13.7. The number of hydrogen-bond acceptors (Lipinski definition) is 9. The third-order valence-electron chi connectivity index (χ3n) is 7.47. The lowest BCUT2D eigenvalue weighted by atomic mass is 9.95. The van der Waals surface area contributed by atoms with Gasteiger partial charge in [-0.15, -0.1) is 0 Å². The number of fused-ring (bicyclic) bond motifs is 1. The van der Waals surface area contributed by atoms with E-state index in [1.54, 1.807) is 19.2 Å². The van der Waals surface area contributed by atoms with Crippen LogP contribution in [0.25, 0.3) is 10.9 Å². The van der Waals surface area contributed by atoms with Crippen LogP contribution < -0.4 is 20.5 Å². The van der Waals surface area contributed by atoms with Crippen molar-refractivity contribution in [1.29, 1.82) is 0 Å². The first kappa shape index (κ1) is 31.3. The number of benzene rings is 1. The molecule has 1 aromatic carbocycles. The number of sulfonamides is 1. The lowest BCUT2D eigenvalue weighted by molar-refractivity contribution is 0.0559. The van der Waals surface area contributed by atoms with Crippen molar-refractivity contribution < 1.29 is 22.0 Å². The quantitative estimate of drug-likeness (QED) is 0.270. The molecule has 44 heavy (non-hydrogen) atoms. The van der Waals surface area contributed by atoms with Crippen LogP contribution in [0.4, 0.5) is 20.4 Å². The van der Waals surface area contributed by atoms with Crippen molar-refractivity contribution in [3.05, 3.63) is 74.6 Å². The van der Waals surface area contributed by atoms with Gasteiger partial charge in [0.1, 0.15) is 5.15 Å². The van der Waals surface area contributed by atoms with Gasteiger partial charge in [0.05, 0.1) is 34.6 Å². The first-order valence-electron chi connectivity index (χ1n) is 13.8. The second-order valence-corrected chi connectivity index (χ2v) is 13.0. The minimum atomic E-state index is -3.87. The smallest absolute Gasteiger partial charge is 0.333 e. The number of nitrogens with one attached hydrogen (secondary N) is 2. The molecular weight excluding hydrogens is 618 g/mol. The molecule has 5 rings (SSSR count). The van der Waals surface area contributed by atoms with Crippen LogP contribution in [-0.2, 0) is 17.1 Å². The fourth-order valence-electron chi connectivity index (χ4n) is 5.49. The van der Waals surface area contributed by atoms with E-state index in [-0.39, 0.29) is 28.0 Å². The molecular formula is C28H31ClF2N8O4S. The van der Waals surface area contributed by atoms with Crippen molar-refractivity contribution in [2.75, 3.05) is 29.6 Å². The third-order valence-corrected chi connectivity index (χ3v) is 8.24. The van der Waals surface area contributed by atoms with Crippen molar-refractivity contribution in [2.24, 2.45) is 7.05 Å². The fourth-order valence-corrected chi connectivity index (χ4v) is 6.07. The number of pyridine rings is 1. The van der Waals surface area contributed by atoms with Gasteiger partial charge >= 0.3 is 6.55 Å². The largest absolute Gasteiger partial charge is 0.377 e. The lowest BCUT2D eigenvalue weighted by Crippen LogP contribution is -2.39. The molecule has 0 radical (unpaired) electrons. The topological polar surface area (TPSA) is 144 Å². The van der Waals surface area contributed by atoms with Crippen LogP contribution in [-0.4, -0.2) is 58.0 Å². The lowest BCUT2D eigenvalue weighted by Gasteiger charge is -2.33. The van der Waals surface area contributed by atoms with Crippen LogP contribution in [0, 0.1) is 6.92 Å². The molecule has 0 spiro atoms. The first-order valence-corrected chi connectivity index (χ1v) is 16.0. The number of amides is 1. The summed E-state index contributed by atoms with van der Waals surface area (Å²) >= 11 is 6.01. The molecule has 16 heteroatoms. The highest BCUT2D eigenvalue weighted by Crippen LogP contribution is 2.32. The number of piperidine rings is 1. The Kier molecular flexibility index (Phi) is 8.62. The van der Waals surface area contributed by atoms with E-state index in [1.165, 1.54) is 22.9 Å². The highest BCUT2D eigenvalue weighted by Gasteiger charge is 2.28. The van der Waals surface area contributed by atoms with Crippen LogP contribution in [0.3, 0.4) is 0 Å². The second kappa shape index (κ2) is 12.1. The summed E-state index contributed by atoms with van der Waals surface area (Å²) in [5.41, 5.74) is 2.22. The molecule has 0 saturated carbocycles. The average molecular weight is 649 g/mol. The Balaban J connectivity index is 1.52. The minimum Gasteiger partial charge on any atom is -0.377 e. The Hall–Kier alpha value is -4.11. The van der Waals surface area contributed by atoms with E-state index in [0.29, 0.717) is 45.9 Å². The minimum absolute atomic E-state index is 0.00141. The number of rotatable bonds is 8. The molecule has 2 atom stereocenters. The van der Waals surface area contributed by atoms with Crippen molar-refractivity contribution in [3.8, 4) is 0 Å². The maximum atomic E-state index is 13.7. The molecule has 4 aromatic rings. The average Bonchev–Trinajstić information content (AvgIpc) is 3.46. The standard InChI is InChI=1S/C28H31ClF2N8O4S/c1-15-12-18(16(2)32-21-7-8-22(29)33-24(21)25(40)36-44(4,42)43)23-19(13-15)26(41)37(3)28(34-23)38-10-5-6-17(14-38)20-9-11-39(35-20)27(30)31/h7-9,11-13,16-17,27,32H,5-6,10,14H2,1-4H3,(H,36,40)/t16-,17-/m1/s1. The number of aromatic nitrogens is 5. The van der Waals surface area contributed by atoms with E-state index >= 15 is 0 Å². The van der Waals surface area contributed by atoms with E-state index in [0.717, 1.165) is 24.7 Å². The van der Waals surface area contributed by atoms with Crippen LogP contribution in [0.2, 0.25) is 5.15 Å². The van der Waals surface area contributed by atoms with Crippen molar-refractivity contribution >= 4 is 50.1 Å². The summed E-state index contributed by atoms with van der Waals surface area (Å²) in [7, 11) is -2.22. The Morgan fingerprint density at radius 1 is 1.18 bits per heavy atom. The summed E-state index contributed by atoms with van der Waals surface area (Å²) in [5.74, 6) is -0.645. The van der Waals surface area contributed by atoms with Crippen molar-refractivity contribution in [3.63, 3.8) is 0 Å². The number of carbonyl (C=O) groups excluding carboxylic acids is 1. The van der Waals surface area contributed by atoms with Gasteiger partial charge in [0, 0.05) is 37.8 Å². The third kappa shape index (κ3) is 6.53. The van der Waals surface area contributed by atoms with Crippen molar-refractivity contribution in [1.82, 2.24) is 29.0 Å². The molecule has 2 N–H and O–H groups in total. The van der Waals surface area contributed by atoms with Crippen LogP contribution >= 0.6 is 11.6 Å². The van der Waals surface area contributed by atoms with E-state index in [1.807, 2.05) is 29.5 Å². The van der Waals surface area contributed by atoms with E-state index in [4.69, 9.17) is 16.6 Å². The van der Waals surface area contributed by atoms with Crippen LogP contribution in [0.5, 0.6) is 0 Å². The number of nitrogens with zero attached hydrogens (tertiary/aromatic N) is 6. The number of carbonyl (C=O) groups is 1. The number of alkyl halides is 2. The molecule has 0 bridgehead atoms. The molecule has 4 heterocycles. The summed E-state index contributed by atoms with van der Waals surface area (Å²) in [6.45, 7) is 2.00. The molecule has 1 fully saturated rings. The van der Waals surface area contributed by atoms with Gasteiger partial charge in [-0.2, -0.15) is 13.9 Å². The second-order valence-electron chi connectivity index (χ2n) is 10.9. The normalized spacial score (nSPS) is 16.4. The van der Waals surface area contributed by atoms with Crippen molar-refractivity contribution in [2.45, 2.75) is 45.2 Å². The Bertz CT molecular complexity index is 1910. The molecule has 12 nitrogen and oxygen atoms in total. The van der Waals surface area contributed by atoms with Crippen LogP contribution in [0.15, 0.2) is 41.3 Å². The Morgan fingerprint density at radius 2 is 1.93 bits per heavy atom. The summed E-state index contributed by atoms with van der Waals surface area (Å²) < 4.78 is 53.7. The maximum Gasteiger partial charge on any atom is 0.333 e. The van der Waals surface area contributed by atoms with Gasteiger partial charge in [-0.1, -0.05) is 17.7 Å². The van der Waals surface area contributed by atoms with Gasteiger partial charge in [-0.3, -0.25) is 14.2 Å². The van der Waals surface area contributed by atoms with Gasteiger partial charge < -0.3 is 10.2 Å². The monoisotopic (exact) mass is 648 g/mol. The van der Waals surface area contributed by atoms with Gasteiger partial charge in [0.2, 0.25) is 16.0 Å². The zero-order valence-electron chi connectivity index (χ0n) is 24.4. The van der Waals surface area contributed by atoms with Gasteiger partial charge in [-0.05, 0) is 56.5 Å². The number of halogens is 3. The highest BCUT2D eigenvalue weighted by atomic mass is 35.5. The summed E-state index contributed by atoms with van der Waals surface area (Å²) in [6, 6.07) is 7.69. The molecule has 0 unspecified atom stereocenters. The van der Waals surface area contributed by atoms with Gasteiger partial charge in [0.15, 0.2) is 5.69 Å². The molecule has 234 valence electrons. The number of aryl methyl sites for hydroxylation is 1. The first-order chi connectivity index (χ1) is 20.7. The van der Waals surface area contributed by atoms with E-state index in [2.05, 4.69) is 15.4 Å². The zero-order valence-corrected chi connectivity index (χ0v) is 26.0. The van der Waals surface area contributed by atoms with Gasteiger partial charge in [-0.25, -0.2) is 27.8 Å². The molecule has 1 amide bonds. The number of anilines is 2. The summed E-state index contributed by atoms with van der Waals surface area (Å²) in [6.07, 6.45) is 3.63. The molecule has 1 saturated heterocycles. The highest BCUT2D eigenvalue weighted by molar-refractivity contribution is 7.89. The zero-order chi connectivity index (χ0) is 31.9. The van der Waals surface area contributed by atoms with Gasteiger partial charge in [0.25, 0.3) is 11.5 Å². The van der Waals surface area contributed by atoms with E-state index < -0.39 is 28.5 Å². The van der Waals surface area contributed by atoms with Crippen LogP contribution in [0.1, 0.15) is 65.6 Å². The predicted molar refractivity (Wildman–Crippen MR) is 163 cm³/mol. The summed E-state index contributed by atoms with van der Waals surface area (Å²) in [4.78, 5) is 37.3. The Labute approximate surface area is 257 Å². The molecule has 1 aliphatic rings. The van der Waals surface area contributed by atoms with E-state index in [9.17, 15) is 26.8 Å². The molecule has 1 aliphatic heterocycles.